The Bertz CT molecular complexity index is 255. The van der Waals surface area contributed by atoms with Gasteiger partial charge in [-0.3, -0.25) is 4.79 Å². The number of likely N-dealkylation sites (tertiary alicyclic amines) is 1. The first-order valence-electron chi connectivity index (χ1n) is 7.09. The molecule has 3 heteroatoms. The molecule has 0 spiro atoms. The number of nitrogens with zero attached hydrogens (tertiary/aromatic N) is 1. The second kappa shape index (κ2) is 6.39. The summed E-state index contributed by atoms with van der Waals surface area (Å²) in [5, 5.41) is 0. The fourth-order valence-corrected chi connectivity index (χ4v) is 3.43. The molecule has 1 aliphatic heterocycles. The summed E-state index contributed by atoms with van der Waals surface area (Å²) in [5.74, 6) is 1.87. The van der Waals surface area contributed by atoms with Gasteiger partial charge in [-0.1, -0.05) is 19.3 Å². The van der Waals surface area contributed by atoms with E-state index in [-0.39, 0.29) is 5.97 Å². The van der Waals surface area contributed by atoms with E-state index >= 15 is 0 Å². The lowest BCUT2D eigenvalue weighted by atomic mass is 9.75. The van der Waals surface area contributed by atoms with Gasteiger partial charge in [0, 0.05) is 13.0 Å². The van der Waals surface area contributed by atoms with Crippen molar-refractivity contribution in [3.63, 3.8) is 0 Å². The molecule has 17 heavy (non-hydrogen) atoms. The van der Waals surface area contributed by atoms with Crippen molar-refractivity contribution in [2.24, 2.45) is 11.8 Å². The summed E-state index contributed by atoms with van der Waals surface area (Å²) < 4.78 is 4.67. The summed E-state index contributed by atoms with van der Waals surface area (Å²) in [7, 11) is 1.47. The van der Waals surface area contributed by atoms with Gasteiger partial charge >= 0.3 is 5.97 Å². The van der Waals surface area contributed by atoms with E-state index in [2.05, 4.69) is 9.64 Å². The van der Waals surface area contributed by atoms with Gasteiger partial charge in [0.2, 0.25) is 0 Å². The maximum Gasteiger partial charge on any atom is 0.305 e. The number of fused-ring (bicyclic) bond motifs is 1. The van der Waals surface area contributed by atoms with Crippen LogP contribution in [0.2, 0.25) is 0 Å². The average Bonchev–Trinajstić information content (AvgIpc) is 2.38. The van der Waals surface area contributed by atoms with Crippen LogP contribution in [0, 0.1) is 11.8 Å². The van der Waals surface area contributed by atoms with E-state index in [9.17, 15) is 4.79 Å². The number of methoxy groups -OCH3 is 1. The second-order valence-corrected chi connectivity index (χ2v) is 5.57. The minimum absolute atomic E-state index is 0.0717. The molecule has 0 aromatic carbocycles. The normalized spacial score (nSPS) is 29.7. The summed E-state index contributed by atoms with van der Waals surface area (Å²) in [6.07, 6.45) is 8.66. The van der Waals surface area contributed by atoms with Crippen molar-refractivity contribution in [1.82, 2.24) is 4.90 Å². The third kappa shape index (κ3) is 3.70. The summed E-state index contributed by atoms with van der Waals surface area (Å²) in [4.78, 5) is 13.6. The van der Waals surface area contributed by atoms with Crippen LogP contribution in [0.4, 0.5) is 0 Å². The Morgan fingerprint density at radius 3 is 2.76 bits per heavy atom. The van der Waals surface area contributed by atoms with Gasteiger partial charge in [0.25, 0.3) is 0 Å². The fourth-order valence-electron chi connectivity index (χ4n) is 3.43. The molecule has 0 amide bonds. The SMILES string of the molecule is COC(=O)CCCN1CCC2CCCCC2C1. The zero-order valence-electron chi connectivity index (χ0n) is 11.0. The molecule has 0 aromatic heterocycles. The second-order valence-electron chi connectivity index (χ2n) is 5.57. The molecule has 1 saturated carbocycles. The highest BCUT2D eigenvalue weighted by Crippen LogP contribution is 2.35. The molecule has 1 saturated heterocycles. The topological polar surface area (TPSA) is 29.5 Å². The van der Waals surface area contributed by atoms with Crippen LogP contribution in [0.25, 0.3) is 0 Å². The molecule has 2 aliphatic rings. The highest BCUT2D eigenvalue weighted by Gasteiger charge is 2.30. The molecule has 3 nitrogen and oxygen atoms in total. The molecule has 1 aliphatic carbocycles. The lowest BCUT2D eigenvalue weighted by Crippen LogP contribution is -2.42. The number of carbonyl (C=O) groups excluding carboxylic acids is 1. The minimum atomic E-state index is -0.0717. The van der Waals surface area contributed by atoms with Crippen molar-refractivity contribution in [2.75, 3.05) is 26.7 Å². The Hall–Kier alpha value is -0.570. The number of ether oxygens (including phenoxy) is 1. The van der Waals surface area contributed by atoms with Gasteiger partial charge in [0.1, 0.15) is 0 Å². The van der Waals surface area contributed by atoms with Crippen LogP contribution in [-0.4, -0.2) is 37.6 Å². The third-order valence-electron chi connectivity index (χ3n) is 4.46. The number of piperidine rings is 1. The van der Waals surface area contributed by atoms with Crippen molar-refractivity contribution in [3.05, 3.63) is 0 Å². The van der Waals surface area contributed by atoms with Crippen LogP contribution in [-0.2, 0) is 9.53 Å². The van der Waals surface area contributed by atoms with Crippen molar-refractivity contribution >= 4 is 5.97 Å². The molecule has 2 rings (SSSR count). The number of carbonyl (C=O) groups is 1. The van der Waals surface area contributed by atoms with E-state index in [1.54, 1.807) is 0 Å². The van der Waals surface area contributed by atoms with E-state index < -0.39 is 0 Å². The van der Waals surface area contributed by atoms with Gasteiger partial charge in [-0.15, -0.1) is 0 Å². The first-order chi connectivity index (χ1) is 8.29. The van der Waals surface area contributed by atoms with E-state index in [1.165, 1.54) is 52.3 Å². The summed E-state index contributed by atoms with van der Waals surface area (Å²) in [6, 6.07) is 0. The Labute approximate surface area is 105 Å². The molecule has 0 N–H and O–H groups in total. The molecular weight excluding hydrogens is 214 g/mol. The third-order valence-corrected chi connectivity index (χ3v) is 4.46. The molecule has 2 atom stereocenters. The average molecular weight is 239 g/mol. The molecule has 1 heterocycles. The van der Waals surface area contributed by atoms with Crippen LogP contribution >= 0.6 is 0 Å². The monoisotopic (exact) mass is 239 g/mol. The van der Waals surface area contributed by atoms with Crippen molar-refractivity contribution in [1.29, 1.82) is 0 Å². The van der Waals surface area contributed by atoms with Crippen molar-refractivity contribution in [2.45, 2.75) is 44.9 Å². The zero-order valence-corrected chi connectivity index (χ0v) is 11.0. The van der Waals surface area contributed by atoms with Gasteiger partial charge in [-0.25, -0.2) is 0 Å². The first kappa shape index (κ1) is 12.9. The lowest BCUT2D eigenvalue weighted by Gasteiger charge is -2.41. The first-order valence-corrected chi connectivity index (χ1v) is 7.09. The highest BCUT2D eigenvalue weighted by atomic mass is 16.5. The summed E-state index contributed by atoms with van der Waals surface area (Å²) >= 11 is 0. The van der Waals surface area contributed by atoms with Gasteiger partial charge in [0.05, 0.1) is 7.11 Å². The van der Waals surface area contributed by atoms with Gasteiger partial charge in [0.15, 0.2) is 0 Å². The van der Waals surface area contributed by atoms with Crippen LogP contribution < -0.4 is 0 Å². The quantitative estimate of drug-likeness (QED) is 0.706. The Kier molecular flexibility index (Phi) is 4.84. The van der Waals surface area contributed by atoms with E-state index in [0.717, 1.165) is 24.8 Å². The summed E-state index contributed by atoms with van der Waals surface area (Å²) in [6.45, 7) is 3.58. The number of hydrogen-bond donors (Lipinski definition) is 0. The molecule has 2 fully saturated rings. The number of esters is 1. The van der Waals surface area contributed by atoms with Crippen LogP contribution in [0.5, 0.6) is 0 Å². The maximum atomic E-state index is 11.0. The van der Waals surface area contributed by atoms with Gasteiger partial charge in [-0.2, -0.15) is 0 Å². The molecule has 0 radical (unpaired) electrons. The minimum Gasteiger partial charge on any atom is -0.469 e. The molecule has 98 valence electrons. The largest absolute Gasteiger partial charge is 0.469 e. The smallest absolute Gasteiger partial charge is 0.305 e. The zero-order chi connectivity index (χ0) is 12.1. The highest BCUT2D eigenvalue weighted by molar-refractivity contribution is 5.69. The maximum absolute atomic E-state index is 11.0. The Balaban J connectivity index is 1.67. The van der Waals surface area contributed by atoms with E-state index in [0.29, 0.717) is 6.42 Å². The predicted octanol–water partition coefficient (Wildman–Crippen LogP) is 2.45. The van der Waals surface area contributed by atoms with Gasteiger partial charge in [-0.05, 0) is 44.2 Å². The Morgan fingerprint density at radius 1 is 1.24 bits per heavy atom. The van der Waals surface area contributed by atoms with Crippen LogP contribution in [0.1, 0.15) is 44.9 Å². The van der Waals surface area contributed by atoms with Crippen LogP contribution in [0.3, 0.4) is 0 Å². The molecular formula is C14H25NO2. The summed E-state index contributed by atoms with van der Waals surface area (Å²) in [5.41, 5.74) is 0. The number of rotatable bonds is 4. The Morgan fingerprint density at radius 2 is 2.00 bits per heavy atom. The molecule has 2 unspecified atom stereocenters. The lowest BCUT2D eigenvalue weighted by molar-refractivity contribution is -0.140. The molecule has 0 bridgehead atoms. The fraction of sp³-hybridized carbons (Fsp3) is 0.929. The van der Waals surface area contributed by atoms with E-state index in [1.807, 2.05) is 0 Å². The van der Waals surface area contributed by atoms with E-state index in [4.69, 9.17) is 0 Å². The standard InChI is InChI=1S/C14H25NO2/c1-17-14(16)7-4-9-15-10-8-12-5-2-3-6-13(12)11-15/h12-13H,2-11H2,1H3. The number of hydrogen-bond acceptors (Lipinski definition) is 3. The predicted molar refractivity (Wildman–Crippen MR) is 67.8 cm³/mol. The van der Waals surface area contributed by atoms with Gasteiger partial charge < -0.3 is 9.64 Å². The van der Waals surface area contributed by atoms with Crippen molar-refractivity contribution in [3.8, 4) is 0 Å². The van der Waals surface area contributed by atoms with Crippen LogP contribution in [0.15, 0.2) is 0 Å². The molecule has 0 aromatic rings. The van der Waals surface area contributed by atoms with Crippen molar-refractivity contribution < 1.29 is 9.53 Å².